The Labute approximate surface area is 203 Å². The fraction of sp³-hybridized carbons (Fsp3) is 0.273. The molecule has 8 heteroatoms. The smallest absolute Gasteiger partial charge is 0.329 e. The molecule has 1 N–H and O–H groups in total. The van der Waals surface area contributed by atoms with Crippen LogP contribution in [0, 0.1) is 7.14 Å². The maximum Gasteiger partial charge on any atom is 0.329 e. The lowest BCUT2D eigenvalue weighted by atomic mass is 10.1. The standard InChI is InChI=1S/C22H22I2N2O4/c1-3-9-26-21(27)18(25-22(26)28)11-15-10-17(24)20(19(12-15)29-4-2)30-13-14-5-7-16(23)8-6-14/h5-8,10-12H,3-4,9,13H2,1-2H3,(H,25,28)/b18-11+. The van der Waals surface area contributed by atoms with Gasteiger partial charge in [-0.1, -0.05) is 19.1 Å². The zero-order valence-corrected chi connectivity index (χ0v) is 21.0. The Bertz CT molecular complexity index is 974. The van der Waals surface area contributed by atoms with E-state index in [-0.39, 0.29) is 17.6 Å². The molecule has 2 aromatic carbocycles. The number of nitrogens with one attached hydrogen (secondary N) is 1. The third-order valence-electron chi connectivity index (χ3n) is 4.35. The van der Waals surface area contributed by atoms with Gasteiger partial charge >= 0.3 is 6.03 Å². The van der Waals surface area contributed by atoms with Crippen molar-refractivity contribution in [3.05, 3.63) is 60.4 Å². The minimum atomic E-state index is -0.384. The van der Waals surface area contributed by atoms with Gasteiger partial charge in [0.05, 0.1) is 10.2 Å². The topological polar surface area (TPSA) is 67.9 Å². The lowest BCUT2D eigenvalue weighted by Gasteiger charge is -2.15. The van der Waals surface area contributed by atoms with Crippen LogP contribution in [0.5, 0.6) is 11.5 Å². The lowest BCUT2D eigenvalue weighted by molar-refractivity contribution is -0.122. The largest absolute Gasteiger partial charge is 0.490 e. The average Bonchev–Trinajstić information content (AvgIpc) is 2.97. The molecule has 0 atom stereocenters. The van der Waals surface area contributed by atoms with Gasteiger partial charge in [-0.15, -0.1) is 0 Å². The van der Waals surface area contributed by atoms with Crippen LogP contribution in [0.4, 0.5) is 4.79 Å². The lowest BCUT2D eigenvalue weighted by Crippen LogP contribution is -2.31. The minimum Gasteiger partial charge on any atom is -0.490 e. The van der Waals surface area contributed by atoms with Crippen molar-refractivity contribution >= 4 is 63.2 Å². The number of imide groups is 1. The summed E-state index contributed by atoms with van der Waals surface area (Å²) >= 11 is 4.46. The number of urea groups is 1. The van der Waals surface area contributed by atoms with Gasteiger partial charge in [0.25, 0.3) is 5.91 Å². The van der Waals surface area contributed by atoms with Crippen LogP contribution in [0.25, 0.3) is 6.08 Å². The number of rotatable bonds is 8. The maximum atomic E-state index is 12.5. The number of nitrogens with zero attached hydrogens (tertiary/aromatic N) is 1. The van der Waals surface area contributed by atoms with Crippen LogP contribution in [0.1, 0.15) is 31.4 Å². The monoisotopic (exact) mass is 632 g/mol. The summed E-state index contributed by atoms with van der Waals surface area (Å²) in [5.41, 5.74) is 2.08. The van der Waals surface area contributed by atoms with Gasteiger partial charge in [0.2, 0.25) is 0 Å². The third kappa shape index (κ3) is 5.45. The van der Waals surface area contributed by atoms with Crippen LogP contribution < -0.4 is 14.8 Å². The molecule has 1 heterocycles. The molecule has 0 unspecified atom stereocenters. The molecule has 0 bridgehead atoms. The number of carbonyl (C=O) groups excluding carboxylic acids is 2. The van der Waals surface area contributed by atoms with Gasteiger partial charge in [-0.05, 0) is 100.0 Å². The highest BCUT2D eigenvalue weighted by Gasteiger charge is 2.32. The second-order valence-electron chi connectivity index (χ2n) is 6.62. The number of hydrogen-bond donors (Lipinski definition) is 1. The van der Waals surface area contributed by atoms with Crippen LogP contribution in [0.15, 0.2) is 42.1 Å². The Morgan fingerprint density at radius 3 is 2.47 bits per heavy atom. The fourth-order valence-electron chi connectivity index (χ4n) is 2.98. The predicted octanol–water partition coefficient (Wildman–Crippen LogP) is 5.18. The van der Waals surface area contributed by atoms with Crippen molar-refractivity contribution in [1.82, 2.24) is 10.2 Å². The summed E-state index contributed by atoms with van der Waals surface area (Å²) in [6.45, 7) is 5.14. The van der Waals surface area contributed by atoms with E-state index < -0.39 is 0 Å². The van der Waals surface area contributed by atoms with Crippen LogP contribution in [-0.4, -0.2) is 30.0 Å². The van der Waals surface area contributed by atoms with Crippen molar-refractivity contribution in [2.75, 3.05) is 13.2 Å². The van der Waals surface area contributed by atoms with Crippen molar-refractivity contribution in [1.29, 1.82) is 0 Å². The Hall–Kier alpha value is -1.82. The van der Waals surface area contributed by atoms with E-state index in [0.717, 1.165) is 14.7 Å². The van der Waals surface area contributed by atoms with Crippen LogP contribution in [0.2, 0.25) is 0 Å². The molecule has 3 rings (SSSR count). The van der Waals surface area contributed by atoms with Gasteiger partial charge in [0, 0.05) is 10.1 Å². The molecular formula is C22H22I2N2O4. The van der Waals surface area contributed by atoms with Gasteiger partial charge in [0.15, 0.2) is 11.5 Å². The van der Waals surface area contributed by atoms with Gasteiger partial charge in [0.1, 0.15) is 12.3 Å². The summed E-state index contributed by atoms with van der Waals surface area (Å²) in [5.74, 6) is 0.949. The molecule has 0 saturated carbocycles. The summed E-state index contributed by atoms with van der Waals surface area (Å²) in [6, 6.07) is 11.5. The van der Waals surface area contributed by atoms with E-state index in [1.165, 1.54) is 8.47 Å². The van der Waals surface area contributed by atoms with Crippen molar-refractivity contribution in [2.45, 2.75) is 26.9 Å². The van der Waals surface area contributed by atoms with Crippen LogP contribution in [-0.2, 0) is 11.4 Å². The predicted molar refractivity (Wildman–Crippen MR) is 132 cm³/mol. The van der Waals surface area contributed by atoms with E-state index in [4.69, 9.17) is 9.47 Å². The Morgan fingerprint density at radius 2 is 1.80 bits per heavy atom. The van der Waals surface area contributed by atoms with Crippen molar-refractivity contribution in [3.63, 3.8) is 0 Å². The molecular weight excluding hydrogens is 610 g/mol. The molecule has 30 heavy (non-hydrogen) atoms. The third-order valence-corrected chi connectivity index (χ3v) is 5.87. The molecule has 3 amide bonds. The molecule has 0 radical (unpaired) electrons. The fourth-order valence-corrected chi connectivity index (χ4v) is 4.12. The first kappa shape index (κ1) is 22.9. The number of hydrogen-bond acceptors (Lipinski definition) is 4. The van der Waals surface area contributed by atoms with E-state index in [0.29, 0.717) is 37.7 Å². The first-order valence-corrected chi connectivity index (χ1v) is 11.8. The number of amides is 3. The molecule has 1 aliphatic rings. The van der Waals surface area contributed by atoms with Gasteiger partial charge in [-0.3, -0.25) is 9.69 Å². The SMILES string of the molecule is CCCN1C(=O)N/C(=C/c2cc(I)c(OCc3ccc(I)cc3)c(OCC)c2)C1=O. The highest BCUT2D eigenvalue weighted by molar-refractivity contribution is 14.1. The summed E-state index contributed by atoms with van der Waals surface area (Å²) < 4.78 is 13.9. The van der Waals surface area contributed by atoms with Gasteiger partial charge < -0.3 is 14.8 Å². The summed E-state index contributed by atoms with van der Waals surface area (Å²) in [5, 5.41) is 2.65. The van der Waals surface area contributed by atoms with E-state index in [9.17, 15) is 9.59 Å². The Balaban J connectivity index is 1.85. The zero-order valence-electron chi connectivity index (χ0n) is 16.7. The molecule has 1 saturated heterocycles. The number of benzene rings is 2. The quantitative estimate of drug-likeness (QED) is 0.248. The Morgan fingerprint density at radius 1 is 1.07 bits per heavy atom. The highest BCUT2D eigenvalue weighted by atomic mass is 127. The van der Waals surface area contributed by atoms with Crippen molar-refractivity contribution in [2.24, 2.45) is 0 Å². The highest BCUT2D eigenvalue weighted by Crippen LogP contribution is 2.35. The molecule has 1 aliphatic heterocycles. The van der Waals surface area contributed by atoms with Crippen molar-refractivity contribution < 1.29 is 19.1 Å². The molecule has 0 spiro atoms. The normalized spacial score (nSPS) is 14.9. The number of ether oxygens (including phenoxy) is 2. The first-order valence-electron chi connectivity index (χ1n) is 9.61. The number of carbonyl (C=O) groups is 2. The first-order chi connectivity index (χ1) is 14.4. The van der Waals surface area contributed by atoms with Crippen LogP contribution in [0.3, 0.4) is 0 Å². The molecule has 158 valence electrons. The van der Waals surface area contributed by atoms with Crippen LogP contribution >= 0.6 is 45.2 Å². The van der Waals surface area contributed by atoms with E-state index in [2.05, 4.69) is 50.5 Å². The van der Waals surface area contributed by atoms with E-state index >= 15 is 0 Å². The summed E-state index contributed by atoms with van der Waals surface area (Å²) in [6.07, 6.45) is 2.38. The minimum absolute atomic E-state index is 0.263. The second kappa shape index (κ2) is 10.5. The summed E-state index contributed by atoms with van der Waals surface area (Å²) in [4.78, 5) is 25.7. The maximum absolute atomic E-state index is 12.5. The average molecular weight is 632 g/mol. The molecule has 2 aromatic rings. The number of halogens is 2. The van der Waals surface area contributed by atoms with Crippen molar-refractivity contribution in [3.8, 4) is 11.5 Å². The molecule has 0 aromatic heterocycles. The zero-order chi connectivity index (χ0) is 21.7. The molecule has 1 fully saturated rings. The van der Waals surface area contributed by atoms with E-state index in [1.807, 2.05) is 50.2 Å². The van der Waals surface area contributed by atoms with E-state index in [1.54, 1.807) is 6.08 Å². The molecule has 0 aliphatic carbocycles. The summed E-state index contributed by atoms with van der Waals surface area (Å²) in [7, 11) is 0. The second-order valence-corrected chi connectivity index (χ2v) is 9.03. The van der Waals surface area contributed by atoms with Gasteiger partial charge in [-0.25, -0.2) is 4.79 Å². The Kier molecular flexibility index (Phi) is 7.98. The molecule has 6 nitrogen and oxygen atoms in total. The van der Waals surface area contributed by atoms with Gasteiger partial charge in [-0.2, -0.15) is 0 Å².